The van der Waals surface area contributed by atoms with Crippen LogP contribution in [0.15, 0.2) is 54.9 Å². The third-order valence-electron chi connectivity index (χ3n) is 7.08. The monoisotopic (exact) mass is 434 g/mol. The Bertz CT molecular complexity index is 891. The topological polar surface area (TPSA) is 74.8 Å². The maximum Gasteiger partial charge on any atom is 0.320 e. The Morgan fingerprint density at radius 3 is 2.50 bits per heavy atom. The minimum atomic E-state index is -0.0977. The maximum atomic E-state index is 13.2. The van der Waals surface area contributed by atoms with E-state index in [0.29, 0.717) is 19.0 Å². The minimum Gasteiger partial charge on any atom is -0.366 e. The van der Waals surface area contributed by atoms with E-state index < -0.39 is 0 Å². The summed E-state index contributed by atoms with van der Waals surface area (Å²) in [5.74, 6) is 0.652. The third-order valence-corrected chi connectivity index (χ3v) is 7.08. The molecular weight excluding hydrogens is 404 g/mol. The Balaban J connectivity index is 1.24. The summed E-state index contributed by atoms with van der Waals surface area (Å²) < 4.78 is 5.62. The Morgan fingerprint density at radius 2 is 1.75 bits per heavy atom. The van der Waals surface area contributed by atoms with Crippen LogP contribution in [0, 0.1) is 5.92 Å². The van der Waals surface area contributed by atoms with Crippen LogP contribution in [0.3, 0.4) is 0 Å². The molecule has 5 rings (SSSR count). The molecule has 3 atom stereocenters. The van der Waals surface area contributed by atoms with E-state index in [9.17, 15) is 9.59 Å². The second-order valence-electron chi connectivity index (χ2n) is 9.04. The average molecular weight is 435 g/mol. The first-order chi connectivity index (χ1) is 15.7. The van der Waals surface area contributed by atoms with Gasteiger partial charge in [-0.1, -0.05) is 36.4 Å². The molecule has 0 spiro atoms. The van der Waals surface area contributed by atoms with Gasteiger partial charge in [0.25, 0.3) is 0 Å². The molecule has 0 radical (unpaired) electrons. The molecule has 7 nitrogen and oxygen atoms in total. The van der Waals surface area contributed by atoms with Crippen LogP contribution in [0.5, 0.6) is 0 Å². The number of benzene rings is 1. The van der Waals surface area contributed by atoms with Gasteiger partial charge in [-0.2, -0.15) is 0 Å². The van der Waals surface area contributed by atoms with E-state index in [4.69, 9.17) is 4.74 Å². The zero-order valence-corrected chi connectivity index (χ0v) is 18.2. The van der Waals surface area contributed by atoms with Crippen molar-refractivity contribution in [1.29, 1.82) is 0 Å². The molecule has 3 aliphatic heterocycles. The number of urea groups is 1. The highest BCUT2D eigenvalue weighted by molar-refractivity contribution is 5.79. The van der Waals surface area contributed by atoms with E-state index >= 15 is 0 Å². The number of nitrogens with zero attached hydrogens (tertiary/aromatic N) is 3. The van der Waals surface area contributed by atoms with E-state index in [-0.39, 0.29) is 36.6 Å². The number of piperidine rings is 2. The maximum absolute atomic E-state index is 13.2. The van der Waals surface area contributed by atoms with Crippen molar-refractivity contribution < 1.29 is 14.3 Å². The van der Waals surface area contributed by atoms with Crippen LogP contribution in [0.4, 0.5) is 4.79 Å². The minimum absolute atomic E-state index is 0.0219. The normalized spacial score (nSPS) is 25.1. The molecule has 1 aromatic carbocycles. The van der Waals surface area contributed by atoms with Gasteiger partial charge in [0, 0.05) is 44.5 Å². The standard InChI is InChI=1S/C25H30N4O3/c30-23-17-32-22-10-14-29(16-21(22)27-23)25(31)28-12-8-19(9-13-28)24(18-5-2-1-3-6-18)20-7-4-11-26-15-20/h1-7,11,15,19,21-22,24H,8-10,12-14,16-17H2,(H,27,30). The number of carbonyl (C=O) groups excluding carboxylic acids is 2. The molecule has 3 amide bonds. The zero-order chi connectivity index (χ0) is 21.9. The molecule has 0 saturated carbocycles. The first-order valence-electron chi connectivity index (χ1n) is 11.6. The van der Waals surface area contributed by atoms with Crippen LogP contribution in [-0.2, 0) is 9.53 Å². The fourth-order valence-electron chi connectivity index (χ4n) is 5.45. The molecule has 1 aromatic heterocycles. The van der Waals surface area contributed by atoms with Crippen molar-refractivity contribution in [3.05, 3.63) is 66.0 Å². The number of hydrogen-bond acceptors (Lipinski definition) is 4. The Hall–Kier alpha value is -2.93. The van der Waals surface area contributed by atoms with E-state index in [2.05, 4.69) is 40.6 Å². The number of amides is 3. The summed E-state index contributed by atoms with van der Waals surface area (Å²) in [4.78, 5) is 33.1. The molecule has 1 N–H and O–H groups in total. The molecule has 2 aromatic rings. The molecule has 3 aliphatic rings. The number of aromatic nitrogens is 1. The fourth-order valence-corrected chi connectivity index (χ4v) is 5.45. The van der Waals surface area contributed by atoms with Crippen LogP contribution in [-0.4, -0.2) is 71.7 Å². The summed E-state index contributed by atoms with van der Waals surface area (Å²) >= 11 is 0. The molecule has 0 bridgehead atoms. The van der Waals surface area contributed by atoms with Gasteiger partial charge in [-0.3, -0.25) is 9.78 Å². The van der Waals surface area contributed by atoms with Crippen molar-refractivity contribution in [1.82, 2.24) is 20.1 Å². The molecule has 4 heterocycles. The van der Waals surface area contributed by atoms with Crippen molar-refractivity contribution in [3.63, 3.8) is 0 Å². The van der Waals surface area contributed by atoms with Crippen molar-refractivity contribution >= 4 is 11.9 Å². The van der Waals surface area contributed by atoms with Gasteiger partial charge in [0.2, 0.25) is 5.91 Å². The third kappa shape index (κ3) is 4.35. The Labute approximate surface area is 188 Å². The first kappa shape index (κ1) is 20.9. The molecular formula is C25H30N4O3. The van der Waals surface area contributed by atoms with Gasteiger partial charge in [0.15, 0.2) is 0 Å². The molecule has 32 heavy (non-hydrogen) atoms. The highest BCUT2D eigenvalue weighted by Crippen LogP contribution is 2.38. The van der Waals surface area contributed by atoms with Gasteiger partial charge >= 0.3 is 6.03 Å². The van der Waals surface area contributed by atoms with Crippen molar-refractivity contribution in [2.45, 2.75) is 37.3 Å². The molecule has 0 aliphatic carbocycles. The van der Waals surface area contributed by atoms with Gasteiger partial charge in [0.05, 0.1) is 12.1 Å². The van der Waals surface area contributed by atoms with Crippen molar-refractivity contribution in [3.8, 4) is 0 Å². The highest BCUT2D eigenvalue weighted by Gasteiger charge is 2.38. The second kappa shape index (κ2) is 9.28. The fraction of sp³-hybridized carbons (Fsp3) is 0.480. The van der Waals surface area contributed by atoms with E-state index in [0.717, 1.165) is 32.4 Å². The molecule has 3 saturated heterocycles. The number of hydrogen-bond donors (Lipinski definition) is 1. The number of rotatable bonds is 3. The summed E-state index contributed by atoms with van der Waals surface area (Å²) in [6.07, 6.45) is 6.49. The highest BCUT2D eigenvalue weighted by atomic mass is 16.5. The van der Waals surface area contributed by atoms with Crippen LogP contribution < -0.4 is 5.32 Å². The van der Waals surface area contributed by atoms with Gasteiger partial charge < -0.3 is 19.9 Å². The predicted molar refractivity (Wildman–Crippen MR) is 120 cm³/mol. The Kier molecular flexibility index (Phi) is 6.08. The van der Waals surface area contributed by atoms with Crippen LogP contribution in [0.2, 0.25) is 0 Å². The lowest BCUT2D eigenvalue weighted by atomic mass is 9.76. The van der Waals surface area contributed by atoms with Crippen LogP contribution in [0.1, 0.15) is 36.3 Å². The summed E-state index contributed by atoms with van der Waals surface area (Å²) in [5.41, 5.74) is 2.54. The molecule has 3 fully saturated rings. The van der Waals surface area contributed by atoms with Gasteiger partial charge in [-0.15, -0.1) is 0 Å². The average Bonchev–Trinajstić information content (AvgIpc) is 2.85. The SMILES string of the molecule is O=C1COC2CCN(C(=O)N3CCC(C(c4ccccc4)c4cccnc4)CC3)CC2N1. The number of ether oxygens (including phenoxy) is 1. The number of morpholine rings is 1. The molecule has 3 unspecified atom stereocenters. The summed E-state index contributed by atoms with van der Waals surface area (Å²) in [6.45, 7) is 2.83. The number of likely N-dealkylation sites (tertiary alicyclic amines) is 2. The number of fused-ring (bicyclic) bond motifs is 1. The second-order valence-corrected chi connectivity index (χ2v) is 9.04. The van der Waals surface area contributed by atoms with Gasteiger partial charge in [-0.25, -0.2) is 4.79 Å². The first-order valence-corrected chi connectivity index (χ1v) is 11.6. The number of nitrogens with one attached hydrogen (secondary N) is 1. The van der Waals surface area contributed by atoms with Crippen molar-refractivity contribution in [2.24, 2.45) is 5.92 Å². The lowest BCUT2D eigenvalue weighted by molar-refractivity contribution is -0.139. The van der Waals surface area contributed by atoms with Crippen molar-refractivity contribution in [2.75, 3.05) is 32.8 Å². The summed E-state index contributed by atoms with van der Waals surface area (Å²) in [6, 6.07) is 14.8. The van der Waals surface area contributed by atoms with Gasteiger partial charge in [0.1, 0.15) is 6.61 Å². The lowest BCUT2D eigenvalue weighted by Crippen LogP contribution is -2.62. The number of pyridine rings is 1. The van der Waals surface area contributed by atoms with E-state index in [1.807, 2.05) is 34.3 Å². The van der Waals surface area contributed by atoms with E-state index in [1.165, 1.54) is 11.1 Å². The predicted octanol–water partition coefficient (Wildman–Crippen LogP) is 2.63. The Morgan fingerprint density at radius 1 is 1.00 bits per heavy atom. The van der Waals surface area contributed by atoms with Crippen LogP contribution >= 0.6 is 0 Å². The van der Waals surface area contributed by atoms with E-state index in [1.54, 1.807) is 0 Å². The number of carbonyl (C=O) groups is 2. The quantitative estimate of drug-likeness (QED) is 0.806. The van der Waals surface area contributed by atoms with Crippen LogP contribution in [0.25, 0.3) is 0 Å². The largest absolute Gasteiger partial charge is 0.366 e. The smallest absolute Gasteiger partial charge is 0.320 e. The molecule has 168 valence electrons. The summed E-state index contributed by atoms with van der Waals surface area (Å²) in [5, 5.41) is 2.98. The summed E-state index contributed by atoms with van der Waals surface area (Å²) in [7, 11) is 0. The zero-order valence-electron chi connectivity index (χ0n) is 18.2. The lowest BCUT2D eigenvalue weighted by Gasteiger charge is -2.44. The molecule has 7 heteroatoms. The van der Waals surface area contributed by atoms with Gasteiger partial charge in [-0.05, 0) is 42.4 Å².